The highest BCUT2D eigenvalue weighted by atomic mass is 32.1. The maximum Gasteiger partial charge on any atom is 0.263 e. The maximum absolute atomic E-state index is 12.1. The van der Waals surface area contributed by atoms with Crippen molar-refractivity contribution in [2.45, 2.75) is 33.9 Å². The van der Waals surface area contributed by atoms with E-state index in [2.05, 4.69) is 25.5 Å². The fourth-order valence-electron chi connectivity index (χ4n) is 2.07. The smallest absolute Gasteiger partial charge is 0.263 e. The van der Waals surface area contributed by atoms with Crippen LogP contribution in [-0.4, -0.2) is 30.8 Å². The minimum Gasteiger partial charge on any atom is -0.342 e. The number of hydrogen-bond donors (Lipinski definition) is 1. The van der Waals surface area contributed by atoms with Gasteiger partial charge >= 0.3 is 0 Å². The zero-order valence-corrected chi connectivity index (χ0v) is 13.8. The molecule has 0 atom stereocenters. The van der Waals surface area contributed by atoms with Crippen LogP contribution in [0, 0.1) is 13.8 Å². The van der Waals surface area contributed by atoms with Crippen LogP contribution in [0.5, 0.6) is 0 Å². The summed E-state index contributed by atoms with van der Waals surface area (Å²) in [6, 6.07) is 0. The number of carbonyl (C=O) groups excluding carboxylic acids is 1. The van der Waals surface area contributed by atoms with Gasteiger partial charge in [-0.25, -0.2) is 4.98 Å². The van der Waals surface area contributed by atoms with Gasteiger partial charge < -0.3 is 9.84 Å². The van der Waals surface area contributed by atoms with E-state index in [-0.39, 0.29) is 12.5 Å². The Hall–Kier alpha value is -2.55. The monoisotopic (exact) mass is 332 g/mol. The normalized spacial score (nSPS) is 10.9. The predicted octanol–water partition coefficient (Wildman–Crippen LogP) is 1.96. The van der Waals surface area contributed by atoms with E-state index < -0.39 is 0 Å². The molecule has 0 fully saturated rings. The van der Waals surface area contributed by atoms with Crippen molar-refractivity contribution in [1.29, 1.82) is 0 Å². The summed E-state index contributed by atoms with van der Waals surface area (Å²) in [5.74, 6) is 0.613. The Morgan fingerprint density at radius 3 is 2.87 bits per heavy atom. The number of rotatable bonds is 5. The van der Waals surface area contributed by atoms with Crippen LogP contribution in [0.25, 0.3) is 11.4 Å². The molecule has 0 aliphatic rings. The summed E-state index contributed by atoms with van der Waals surface area (Å²) in [7, 11) is 0. The lowest BCUT2D eigenvalue weighted by molar-refractivity contribution is 0.0949. The van der Waals surface area contributed by atoms with E-state index in [1.807, 2.05) is 27.0 Å². The minimum absolute atomic E-state index is 0.171. The van der Waals surface area contributed by atoms with Crippen LogP contribution < -0.4 is 5.32 Å². The average molecular weight is 332 g/mol. The summed E-state index contributed by atoms with van der Waals surface area (Å²) >= 11 is 1.36. The van der Waals surface area contributed by atoms with Crippen LogP contribution in [-0.2, 0) is 13.1 Å². The van der Waals surface area contributed by atoms with Gasteiger partial charge in [-0.05, 0) is 20.8 Å². The molecule has 3 rings (SSSR count). The van der Waals surface area contributed by atoms with Gasteiger partial charge in [0.25, 0.3) is 5.91 Å². The lowest BCUT2D eigenvalue weighted by Crippen LogP contribution is -2.22. The van der Waals surface area contributed by atoms with E-state index in [1.54, 1.807) is 10.9 Å². The van der Waals surface area contributed by atoms with Crippen molar-refractivity contribution in [3.8, 4) is 11.4 Å². The van der Waals surface area contributed by atoms with Gasteiger partial charge in [0, 0.05) is 12.7 Å². The Morgan fingerprint density at radius 1 is 1.39 bits per heavy atom. The lowest BCUT2D eigenvalue weighted by atomic mass is 10.3. The molecule has 0 aromatic carbocycles. The number of amides is 1. The fourth-order valence-corrected chi connectivity index (χ4v) is 2.91. The Bertz CT molecular complexity index is 834. The SMILES string of the molecule is CCn1cc(-c2noc(CNC(=O)c3sc(C)nc3C)n2)cn1. The van der Waals surface area contributed by atoms with Crippen molar-refractivity contribution < 1.29 is 9.32 Å². The molecule has 0 radical (unpaired) electrons. The molecule has 120 valence electrons. The summed E-state index contributed by atoms with van der Waals surface area (Å²) in [4.78, 5) is 21.2. The highest BCUT2D eigenvalue weighted by molar-refractivity contribution is 7.13. The van der Waals surface area contributed by atoms with Crippen LogP contribution in [0.2, 0.25) is 0 Å². The van der Waals surface area contributed by atoms with Crippen LogP contribution in [0.3, 0.4) is 0 Å². The van der Waals surface area contributed by atoms with Crippen molar-refractivity contribution in [1.82, 2.24) is 30.2 Å². The zero-order valence-electron chi connectivity index (χ0n) is 13.0. The number of thiazole rings is 1. The molecule has 8 nitrogen and oxygen atoms in total. The van der Waals surface area contributed by atoms with E-state index >= 15 is 0 Å². The first kappa shape index (κ1) is 15.3. The third kappa shape index (κ3) is 3.29. The molecule has 23 heavy (non-hydrogen) atoms. The molecule has 1 N–H and O–H groups in total. The summed E-state index contributed by atoms with van der Waals surface area (Å²) in [6.07, 6.45) is 3.52. The Balaban J connectivity index is 1.65. The number of carbonyl (C=O) groups is 1. The standard InChI is InChI=1S/C14H16N6O2S/c1-4-20-7-10(5-16-20)13-18-11(22-19-13)6-15-14(21)12-8(2)17-9(3)23-12/h5,7H,4,6H2,1-3H3,(H,15,21). The van der Waals surface area contributed by atoms with Gasteiger partial charge in [-0.1, -0.05) is 5.16 Å². The molecule has 0 saturated carbocycles. The van der Waals surface area contributed by atoms with E-state index in [0.29, 0.717) is 16.6 Å². The topological polar surface area (TPSA) is 98.7 Å². The first-order valence-corrected chi connectivity index (χ1v) is 7.96. The van der Waals surface area contributed by atoms with Crippen molar-refractivity contribution in [2.24, 2.45) is 0 Å². The molecule has 0 bridgehead atoms. The van der Waals surface area contributed by atoms with Crippen LogP contribution in [0.15, 0.2) is 16.9 Å². The van der Waals surface area contributed by atoms with Crippen LogP contribution in [0.1, 0.15) is 33.2 Å². The molecule has 0 saturated heterocycles. The third-order valence-electron chi connectivity index (χ3n) is 3.19. The molecular formula is C14H16N6O2S. The summed E-state index contributed by atoms with van der Waals surface area (Å²) in [5, 5.41) is 11.7. The molecule has 0 unspecified atom stereocenters. The summed E-state index contributed by atoms with van der Waals surface area (Å²) in [5.41, 5.74) is 1.50. The molecule has 0 aliphatic carbocycles. The largest absolute Gasteiger partial charge is 0.342 e. The molecule has 9 heteroatoms. The number of nitrogens with one attached hydrogen (secondary N) is 1. The molecule has 3 aromatic rings. The second kappa shape index (κ2) is 6.29. The summed E-state index contributed by atoms with van der Waals surface area (Å²) < 4.78 is 6.94. The van der Waals surface area contributed by atoms with E-state index in [0.717, 1.165) is 22.8 Å². The van der Waals surface area contributed by atoms with Crippen molar-refractivity contribution in [3.05, 3.63) is 33.9 Å². The van der Waals surface area contributed by atoms with Gasteiger partial charge in [-0.2, -0.15) is 10.1 Å². The zero-order chi connectivity index (χ0) is 16.4. The summed E-state index contributed by atoms with van der Waals surface area (Å²) in [6.45, 7) is 6.62. The van der Waals surface area contributed by atoms with Gasteiger partial charge in [-0.15, -0.1) is 11.3 Å². The quantitative estimate of drug-likeness (QED) is 0.767. The number of aryl methyl sites for hydroxylation is 3. The Labute approximate surface area is 136 Å². The van der Waals surface area contributed by atoms with E-state index in [9.17, 15) is 4.79 Å². The molecule has 0 aliphatic heterocycles. The lowest BCUT2D eigenvalue weighted by Gasteiger charge is -1.99. The number of hydrogen-bond acceptors (Lipinski definition) is 7. The van der Waals surface area contributed by atoms with Crippen molar-refractivity contribution >= 4 is 17.2 Å². The second-order valence-electron chi connectivity index (χ2n) is 4.93. The van der Waals surface area contributed by atoms with E-state index in [1.165, 1.54) is 11.3 Å². The molecular weight excluding hydrogens is 316 g/mol. The first-order valence-electron chi connectivity index (χ1n) is 7.14. The van der Waals surface area contributed by atoms with E-state index in [4.69, 9.17) is 4.52 Å². The Kier molecular flexibility index (Phi) is 4.20. The molecule has 1 amide bonds. The Morgan fingerprint density at radius 2 is 2.22 bits per heavy atom. The predicted molar refractivity (Wildman–Crippen MR) is 84.0 cm³/mol. The van der Waals surface area contributed by atoms with Crippen molar-refractivity contribution in [3.63, 3.8) is 0 Å². The highest BCUT2D eigenvalue weighted by Crippen LogP contribution is 2.17. The maximum atomic E-state index is 12.1. The van der Waals surface area contributed by atoms with Crippen LogP contribution in [0.4, 0.5) is 0 Å². The molecule has 3 heterocycles. The first-order chi connectivity index (χ1) is 11.1. The minimum atomic E-state index is -0.188. The van der Waals surface area contributed by atoms with Crippen molar-refractivity contribution in [2.75, 3.05) is 0 Å². The number of nitrogens with zero attached hydrogens (tertiary/aromatic N) is 5. The van der Waals surface area contributed by atoms with Gasteiger partial charge in [0.1, 0.15) is 4.88 Å². The average Bonchev–Trinajstić information content (AvgIpc) is 3.23. The van der Waals surface area contributed by atoms with Crippen LogP contribution >= 0.6 is 11.3 Å². The fraction of sp³-hybridized carbons (Fsp3) is 0.357. The third-order valence-corrected chi connectivity index (χ3v) is 4.27. The van der Waals surface area contributed by atoms with Gasteiger partial charge in [0.05, 0.1) is 29.0 Å². The molecule has 0 spiro atoms. The van der Waals surface area contributed by atoms with Gasteiger partial charge in [-0.3, -0.25) is 9.48 Å². The second-order valence-corrected chi connectivity index (χ2v) is 6.13. The molecule has 3 aromatic heterocycles. The van der Waals surface area contributed by atoms with Gasteiger partial charge in [0.2, 0.25) is 11.7 Å². The highest BCUT2D eigenvalue weighted by Gasteiger charge is 2.15. The van der Waals surface area contributed by atoms with Gasteiger partial charge in [0.15, 0.2) is 0 Å². The number of aromatic nitrogens is 5.